The predicted molar refractivity (Wildman–Crippen MR) is 76.8 cm³/mol. The summed E-state index contributed by atoms with van der Waals surface area (Å²) in [5, 5.41) is 4.26. The van der Waals surface area contributed by atoms with Gasteiger partial charge in [0.25, 0.3) is 0 Å². The molecule has 0 saturated heterocycles. The molecule has 1 fully saturated rings. The number of hydrogen-bond donors (Lipinski definition) is 1. The molecule has 0 radical (unpaired) electrons. The van der Waals surface area contributed by atoms with Gasteiger partial charge in [-0.3, -0.25) is 0 Å². The van der Waals surface area contributed by atoms with Gasteiger partial charge in [0.2, 0.25) is 0 Å². The van der Waals surface area contributed by atoms with E-state index in [4.69, 9.17) is 16.3 Å². The van der Waals surface area contributed by atoms with E-state index in [0.717, 1.165) is 24.8 Å². The first kappa shape index (κ1) is 13.7. The van der Waals surface area contributed by atoms with Gasteiger partial charge in [-0.25, -0.2) is 0 Å². The first-order valence-corrected chi connectivity index (χ1v) is 7.07. The normalized spacial score (nSPS) is 16.7. The summed E-state index contributed by atoms with van der Waals surface area (Å²) in [5.41, 5.74) is 2.59. The van der Waals surface area contributed by atoms with Crippen molar-refractivity contribution in [2.24, 2.45) is 0 Å². The lowest BCUT2D eigenvalue weighted by atomic mass is 9.93. The van der Waals surface area contributed by atoms with E-state index in [9.17, 15) is 0 Å². The Bertz CT molecular complexity index is 415. The third kappa shape index (κ3) is 3.39. The maximum absolute atomic E-state index is 6.20. The molecule has 0 aromatic heterocycles. The van der Waals surface area contributed by atoms with Gasteiger partial charge in [-0.2, -0.15) is 0 Å². The predicted octanol–water partition coefficient (Wildman–Crippen LogP) is 3.90. The number of nitrogens with one attached hydrogen (secondary N) is 1. The zero-order chi connectivity index (χ0) is 13.1. The van der Waals surface area contributed by atoms with Crippen molar-refractivity contribution in [2.75, 3.05) is 13.7 Å². The Hall–Kier alpha value is -0.730. The van der Waals surface area contributed by atoms with Gasteiger partial charge in [0, 0.05) is 6.04 Å². The lowest BCUT2D eigenvalue weighted by Crippen LogP contribution is -2.19. The monoisotopic (exact) mass is 267 g/mol. The topological polar surface area (TPSA) is 21.3 Å². The Kier molecular flexibility index (Phi) is 4.52. The van der Waals surface area contributed by atoms with Crippen molar-refractivity contribution in [1.29, 1.82) is 0 Å². The molecule has 1 aliphatic carbocycles. The summed E-state index contributed by atoms with van der Waals surface area (Å²) in [7, 11) is 1.66. The van der Waals surface area contributed by atoms with Crippen LogP contribution in [0.5, 0.6) is 5.75 Å². The standard InChI is InChI=1S/C15H22ClNO/c1-10(6-7-17-12-4-5-12)13-9-14(16)15(18-3)8-11(13)2/h8-10,12,17H,4-7H2,1-3H3. The van der Waals surface area contributed by atoms with E-state index < -0.39 is 0 Å². The fourth-order valence-corrected chi connectivity index (χ4v) is 2.55. The minimum Gasteiger partial charge on any atom is -0.495 e. The van der Waals surface area contributed by atoms with Crippen LogP contribution >= 0.6 is 11.6 Å². The van der Waals surface area contributed by atoms with E-state index in [1.807, 2.05) is 6.07 Å². The molecule has 1 aliphatic rings. The van der Waals surface area contributed by atoms with E-state index in [1.54, 1.807) is 7.11 Å². The highest BCUT2D eigenvalue weighted by Crippen LogP contribution is 2.32. The van der Waals surface area contributed by atoms with Crippen LogP contribution in [0.4, 0.5) is 0 Å². The average Bonchev–Trinajstić information content (AvgIpc) is 3.15. The second-order valence-corrected chi connectivity index (χ2v) is 5.67. The molecule has 1 unspecified atom stereocenters. The first-order valence-electron chi connectivity index (χ1n) is 6.69. The van der Waals surface area contributed by atoms with Gasteiger partial charge in [-0.05, 0) is 61.9 Å². The molecule has 18 heavy (non-hydrogen) atoms. The third-order valence-corrected chi connectivity index (χ3v) is 3.95. The highest BCUT2D eigenvalue weighted by atomic mass is 35.5. The highest BCUT2D eigenvalue weighted by molar-refractivity contribution is 6.32. The summed E-state index contributed by atoms with van der Waals surface area (Å²) in [6.07, 6.45) is 3.85. The molecular weight excluding hydrogens is 246 g/mol. The molecule has 1 atom stereocenters. The van der Waals surface area contributed by atoms with Crippen molar-refractivity contribution in [2.45, 2.75) is 45.1 Å². The number of benzene rings is 1. The van der Waals surface area contributed by atoms with Gasteiger partial charge >= 0.3 is 0 Å². The fraction of sp³-hybridized carbons (Fsp3) is 0.600. The second kappa shape index (κ2) is 5.94. The van der Waals surface area contributed by atoms with Gasteiger partial charge in [0.1, 0.15) is 5.75 Å². The Morgan fingerprint density at radius 2 is 2.17 bits per heavy atom. The van der Waals surface area contributed by atoms with Crippen LogP contribution < -0.4 is 10.1 Å². The van der Waals surface area contributed by atoms with Crippen LogP contribution in [0.1, 0.15) is 43.2 Å². The number of halogens is 1. The summed E-state index contributed by atoms with van der Waals surface area (Å²) in [5.74, 6) is 1.29. The van der Waals surface area contributed by atoms with Crippen LogP contribution in [0, 0.1) is 6.92 Å². The largest absolute Gasteiger partial charge is 0.495 e. The Morgan fingerprint density at radius 3 is 2.78 bits per heavy atom. The lowest BCUT2D eigenvalue weighted by Gasteiger charge is -2.17. The van der Waals surface area contributed by atoms with Crippen LogP contribution in [0.2, 0.25) is 5.02 Å². The Balaban J connectivity index is 1.99. The van der Waals surface area contributed by atoms with E-state index in [2.05, 4.69) is 25.2 Å². The molecule has 3 heteroatoms. The van der Waals surface area contributed by atoms with Gasteiger partial charge in [-0.1, -0.05) is 18.5 Å². The van der Waals surface area contributed by atoms with Crippen molar-refractivity contribution in [3.63, 3.8) is 0 Å². The fourth-order valence-electron chi connectivity index (χ4n) is 2.30. The van der Waals surface area contributed by atoms with E-state index in [-0.39, 0.29) is 0 Å². The molecule has 0 spiro atoms. The number of methoxy groups -OCH3 is 1. The average molecular weight is 268 g/mol. The summed E-state index contributed by atoms with van der Waals surface area (Å²) < 4.78 is 5.24. The molecule has 1 saturated carbocycles. The van der Waals surface area contributed by atoms with Crippen molar-refractivity contribution in [1.82, 2.24) is 5.32 Å². The smallest absolute Gasteiger partial charge is 0.137 e. The molecular formula is C15H22ClNO. The van der Waals surface area contributed by atoms with Crippen LogP contribution in [0.3, 0.4) is 0 Å². The van der Waals surface area contributed by atoms with Crippen molar-refractivity contribution in [3.8, 4) is 5.75 Å². The summed E-state index contributed by atoms with van der Waals surface area (Å²) in [6.45, 7) is 5.48. The second-order valence-electron chi connectivity index (χ2n) is 5.26. The molecule has 1 aromatic rings. The molecule has 100 valence electrons. The Morgan fingerprint density at radius 1 is 1.44 bits per heavy atom. The molecule has 2 rings (SSSR count). The summed E-state index contributed by atoms with van der Waals surface area (Å²) in [4.78, 5) is 0. The van der Waals surface area contributed by atoms with Crippen molar-refractivity contribution >= 4 is 11.6 Å². The summed E-state index contributed by atoms with van der Waals surface area (Å²) >= 11 is 6.20. The summed E-state index contributed by atoms with van der Waals surface area (Å²) in [6, 6.07) is 4.87. The van der Waals surface area contributed by atoms with Crippen molar-refractivity contribution in [3.05, 3.63) is 28.3 Å². The Labute approximate surface area is 115 Å². The third-order valence-electron chi connectivity index (χ3n) is 3.66. The zero-order valence-electron chi connectivity index (χ0n) is 11.4. The van der Waals surface area contributed by atoms with Gasteiger partial charge in [0.05, 0.1) is 12.1 Å². The molecule has 2 nitrogen and oxygen atoms in total. The van der Waals surface area contributed by atoms with Gasteiger partial charge < -0.3 is 10.1 Å². The number of hydrogen-bond acceptors (Lipinski definition) is 2. The maximum Gasteiger partial charge on any atom is 0.137 e. The number of aryl methyl sites for hydroxylation is 1. The van der Waals surface area contributed by atoms with E-state index in [1.165, 1.54) is 24.0 Å². The highest BCUT2D eigenvalue weighted by Gasteiger charge is 2.20. The van der Waals surface area contributed by atoms with Crippen LogP contribution in [0.15, 0.2) is 12.1 Å². The molecule has 0 aliphatic heterocycles. The SMILES string of the molecule is COc1cc(C)c(C(C)CCNC2CC2)cc1Cl. The molecule has 0 amide bonds. The van der Waals surface area contributed by atoms with Gasteiger partial charge in [-0.15, -0.1) is 0 Å². The zero-order valence-corrected chi connectivity index (χ0v) is 12.2. The molecule has 1 N–H and O–H groups in total. The number of ether oxygens (including phenoxy) is 1. The first-order chi connectivity index (χ1) is 8.61. The lowest BCUT2D eigenvalue weighted by molar-refractivity contribution is 0.414. The molecule has 0 heterocycles. The van der Waals surface area contributed by atoms with Crippen LogP contribution in [0.25, 0.3) is 0 Å². The number of rotatable bonds is 6. The minimum atomic E-state index is 0.527. The minimum absolute atomic E-state index is 0.527. The van der Waals surface area contributed by atoms with Crippen molar-refractivity contribution < 1.29 is 4.74 Å². The maximum atomic E-state index is 6.20. The van der Waals surface area contributed by atoms with Crippen LogP contribution in [-0.4, -0.2) is 19.7 Å². The molecule has 1 aromatic carbocycles. The molecule has 0 bridgehead atoms. The van der Waals surface area contributed by atoms with Gasteiger partial charge in [0.15, 0.2) is 0 Å². The van der Waals surface area contributed by atoms with E-state index >= 15 is 0 Å². The quantitative estimate of drug-likeness (QED) is 0.844. The van der Waals surface area contributed by atoms with E-state index in [0.29, 0.717) is 10.9 Å². The van der Waals surface area contributed by atoms with Crippen LogP contribution in [-0.2, 0) is 0 Å².